The van der Waals surface area contributed by atoms with Crippen LogP contribution in [0.25, 0.3) is 0 Å². The molecule has 0 unspecified atom stereocenters. The van der Waals surface area contributed by atoms with E-state index in [1.165, 1.54) is 25.2 Å². The highest BCUT2D eigenvalue weighted by Crippen LogP contribution is 2.37. The van der Waals surface area contributed by atoms with E-state index in [1.54, 1.807) is 26.8 Å². The molecule has 0 aromatic rings. The van der Waals surface area contributed by atoms with E-state index >= 15 is 0 Å². The molecule has 6 nitrogen and oxygen atoms in total. The molecule has 0 radical (unpaired) electrons. The molecule has 1 heterocycles. The Hall–Kier alpha value is -2.47. The Balaban J connectivity index is 2.50. The van der Waals surface area contributed by atoms with Gasteiger partial charge in [-0.1, -0.05) is 12.7 Å². The number of hydrogen-bond acceptors (Lipinski definition) is 6. The number of ketones is 1. The third-order valence-electron chi connectivity index (χ3n) is 4.69. The first-order chi connectivity index (χ1) is 12.1. The van der Waals surface area contributed by atoms with E-state index in [0.29, 0.717) is 11.1 Å². The van der Waals surface area contributed by atoms with Crippen molar-refractivity contribution >= 4 is 17.7 Å². The Morgan fingerprint density at radius 3 is 2.73 bits per heavy atom. The van der Waals surface area contributed by atoms with Gasteiger partial charge < -0.3 is 14.6 Å². The normalized spacial score (nSPS) is 35.9. The molecule has 1 fully saturated rings. The van der Waals surface area contributed by atoms with Gasteiger partial charge in [-0.05, 0) is 51.5 Å². The minimum Gasteiger partial charge on any atom is -0.458 e. The van der Waals surface area contributed by atoms with Gasteiger partial charge in [-0.25, -0.2) is 9.59 Å². The minimum atomic E-state index is -1.42. The summed E-state index contributed by atoms with van der Waals surface area (Å²) in [6.45, 7) is 10.2. The smallest absolute Gasteiger partial charge is 0.334 e. The van der Waals surface area contributed by atoms with Crippen molar-refractivity contribution in [3.8, 4) is 0 Å². The summed E-state index contributed by atoms with van der Waals surface area (Å²) in [5, 5.41) is 10.6. The molecule has 1 aliphatic carbocycles. The summed E-state index contributed by atoms with van der Waals surface area (Å²) in [4.78, 5) is 36.5. The van der Waals surface area contributed by atoms with E-state index in [1.807, 2.05) is 0 Å². The summed E-state index contributed by atoms with van der Waals surface area (Å²) in [6.07, 6.45) is 4.15. The first-order valence-electron chi connectivity index (χ1n) is 8.44. The number of carbonyl (C=O) groups excluding carboxylic acids is 3. The molecule has 1 aliphatic heterocycles. The topological polar surface area (TPSA) is 89.9 Å². The molecule has 2 aliphatic rings. The van der Waals surface area contributed by atoms with Crippen LogP contribution in [0.15, 0.2) is 47.6 Å². The van der Waals surface area contributed by atoms with Gasteiger partial charge in [0, 0.05) is 17.6 Å². The second-order valence-electron chi connectivity index (χ2n) is 6.94. The Morgan fingerprint density at radius 1 is 1.46 bits per heavy atom. The molecular formula is C20H24O6. The SMILES string of the molecule is C=C1C(=O)O[C@@H]2/C=C(/C)C(=O)/C=C/[C@](C)(O)C[C@@H](OC(=O)/C(C)=C/C)[C@@H]12. The van der Waals surface area contributed by atoms with Gasteiger partial charge in [0.05, 0.1) is 11.5 Å². The molecule has 0 amide bonds. The summed E-state index contributed by atoms with van der Waals surface area (Å²) in [5.41, 5.74) is -0.487. The summed E-state index contributed by atoms with van der Waals surface area (Å²) in [6, 6.07) is 0. The number of allylic oxidation sites excluding steroid dienone is 3. The van der Waals surface area contributed by atoms with Gasteiger partial charge in [0.1, 0.15) is 12.2 Å². The van der Waals surface area contributed by atoms with Crippen molar-refractivity contribution in [3.05, 3.63) is 47.6 Å². The monoisotopic (exact) mass is 360 g/mol. The Kier molecular flexibility index (Phi) is 5.66. The van der Waals surface area contributed by atoms with Crippen LogP contribution >= 0.6 is 0 Å². The highest BCUT2D eigenvalue weighted by Gasteiger charge is 2.46. The Morgan fingerprint density at radius 2 is 2.12 bits per heavy atom. The predicted octanol–water partition coefficient (Wildman–Crippen LogP) is 2.19. The van der Waals surface area contributed by atoms with Crippen LogP contribution in [0, 0.1) is 5.92 Å². The zero-order chi connectivity index (χ0) is 19.6. The standard InChI is InChI=1S/C20H24O6/c1-6-11(2)18(22)26-16-10-20(5,24)8-7-14(21)12(3)9-15-17(16)13(4)19(23)25-15/h6-9,15-17,24H,4,10H2,1-3,5H3/b8-7+,11-6+,12-9-/t15-,16-,17+,20+/m1/s1. The maximum absolute atomic E-state index is 12.3. The van der Waals surface area contributed by atoms with Crippen molar-refractivity contribution in [1.29, 1.82) is 0 Å². The lowest BCUT2D eigenvalue weighted by Crippen LogP contribution is -2.39. The number of esters is 2. The molecule has 0 spiro atoms. The van der Waals surface area contributed by atoms with E-state index < -0.39 is 35.7 Å². The molecule has 4 atom stereocenters. The minimum absolute atomic E-state index is 0.0107. The molecule has 1 N–H and O–H groups in total. The molecule has 1 saturated heterocycles. The second-order valence-corrected chi connectivity index (χ2v) is 6.94. The van der Waals surface area contributed by atoms with Crippen LogP contribution in [0.1, 0.15) is 34.1 Å². The lowest BCUT2D eigenvalue weighted by molar-refractivity contribution is -0.150. The number of rotatable bonds is 2. The van der Waals surface area contributed by atoms with E-state index in [-0.39, 0.29) is 17.8 Å². The van der Waals surface area contributed by atoms with E-state index in [9.17, 15) is 19.5 Å². The second kappa shape index (κ2) is 7.41. The predicted molar refractivity (Wildman–Crippen MR) is 95.0 cm³/mol. The molecule has 26 heavy (non-hydrogen) atoms. The Labute approximate surface area is 152 Å². The third-order valence-corrected chi connectivity index (χ3v) is 4.69. The first-order valence-corrected chi connectivity index (χ1v) is 8.44. The van der Waals surface area contributed by atoms with Crippen LogP contribution in [0.3, 0.4) is 0 Å². The van der Waals surface area contributed by atoms with E-state index in [2.05, 4.69) is 6.58 Å². The van der Waals surface area contributed by atoms with Gasteiger partial charge in [0.15, 0.2) is 5.78 Å². The van der Waals surface area contributed by atoms with Crippen LogP contribution in [-0.2, 0) is 23.9 Å². The van der Waals surface area contributed by atoms with Crippen molar-refractivity contribution in [3.63, 3.8) is 0 Å². The maximum Gasteiger partial charge on any atom is 0.334 e. The molecular weight excluding hydrogens is 336 g/mol. The number of aliphatic hydroxyl groups is 1. The van der Waals surface area contributed by atoms with Crippen LogP contribution in [-0.4, -0.2) is 40.6 Å². The van der Waals surface area contributed by atoms with Crippen molar-refractivity contribution in [1.82, 2.24) is 0 Å². The van der Waals surface area contributed by atoms with Gasteiger partial charge in [0.25, 0.3) is 0 Å². The van der Waals surface area contributed by atoms with Gasteiger partial charge in [-0.3, -0.25) is 4.79 Å². The van der Waals surface area contributed by atoms with E-state index in [4.69, 9.17) is 9.47 Å². The lowest BCUT2D eigenvalue weighted by atomic mass is 9.82. The fourth-order valence-electron chi connectivity index (χ4n) is 2.96. The van der Waals surface area contributed by atoms with Gasteiger partial charge in [0.2, 0.25) is 0 Å². The number of hydrogen-bond donors (Lipinski definition) is 1. The zero-order valence-corrected chi connectivity index (χ0v) is 15.4. The van der Waals surface area contributed by atoms with Crippen LogP contribution < -0.4 is 0 Å². The third kappa shape index (κ3) is 4.19. The molecule has 140 valence electrons. The van der Waals surface area contributed by atoms with Gasteiger partial charge in [-0.15, -0.1) is 0 Å². The quantitative estimate of drug-likeness (QED) is 0.600. The summed E-state index contributed by atoms with van der Waals surface area (Å²) >= 11 is 0. The molecule has 2 rings (SSSR count). The van der Waals surface area contributed by atoms with Gasteiger partial charge in [-0.2, -0.15) is 0 Å². The van der Waals surface area contributed by atoms with Crippen molar-refractivity contribution in [2.24, 2.45) is 5.92 Å². The number of ether oxygens (including phenoxy) is 2. The highest BCUT2D eigenvalue weighted by molar-refractivity contribution is 6.03. The van der Waals surface area contributed by atoms with Crippen molar-refractivity contribution < 1.29 is 29.0 Å². The van der Waals surface area contributed by atoms with Crippen LogP contribution in [0.5, 0.6) is 0 Å². The number of fused-ring (bicyclic) bond motifs is 1. The summed E-state index contributed by atoms with van der Waals surface area (Å²) in [7, 11) is 0. The molecule has 0 aromatic carbocycles. The van der Waals surface area contributed by atoms with E-state index in [0.717, 1.165) is 0 Å². The van der Waals surface area contributed by atoms with Gasteiger partial charge >= 0.3 is 11.9 Å². The lowest BCUT2D eigenvalue weighted by Gasteiger charge is -2.31. The van der Waals surface area contributed by atoms with Crippen LogP contribution in [0.2, 0.25) is 0 Å². The van der Waals surface area contributed by atoms with Crippen LogP contribution in [0.4, 0.5) is 0 Å². The summed E-state index contributed by atoms with van der Waals surface area (Å²) in [5.74, 6) is -2.13. The largest absolute Gasteiger partial charge is 0.458 e. The fraction of sp³-hybridized carbons (Fsp3) is 0.450. The fourth-order valence-corrected chi connectivity index (χ4v) is 2.96. The average molecular weight is 360 g/mol. The Bertz CT molecular complexity index is 737. The highest BCUT2D eigenvalue weighted by atomic mass is 16.6. The van der Waals surface area contributed by atoms with Crippen molar-refractivity contribution in [2.45, 2.75) is 51.9 Å². The summed E-state index contributed by atoms with van der Waals surface area (Å²) < 4.78 is 10.9. The zero-order valence-electron chi connectivity index (χ0n) is 15.4. The molecule has 0 saturated carbocycles. The maximum atomic E-state index is 12.3. The molecule has 6 heteroatoms. The molecule has 0 bridgehead atoms. The first kappa shape index (κ1) is 19.8. The molecule has 0 aromatic heterocycles. The van der Waals surface area contributed by atoms with Crippen molar-refractivity contribution in [2.75, 3.05) is 0 Å². The average Bonchev–Trinajstić information content (AvgIpc) is 2.84. The number of carbonyl (C=O) groups is 3.